The number of benzene rings is 2. The van der Waals surface area contributed by atoms with Crippen LogP contribution in [0.25, 0.3) is 22.8 Å². The largest absolute Gasteiger partial charge is 0.420 e. The highest BCUT2D eigenvalue weighted by atomic mass is 16.5. The number of rotatable bonds is 4. The van der Waals surface area contributed by atoms with E-state index in [1.54, 1.807) is 0 Å². The molecule has 25 heavy (non-hydrogen) atoms. The third-order valence-corrected chi connectivity index (χ3v) is 4.02. The van der Waals surface area contributed by atoms with Crippen LogP contribution in [0.5, 0.6) is 0 Å². The van der Waals surface area contributed by atoms with Crippen molar-refractivity contribution in [1.29, 1.82) is 0 Å². The molecule has 2 aromatic carbocycles. The molecule has 2 aromatic heterocycles. The van der Waals surface area contributed by atoms with Gasteiger partial charge in [-0.2, -0.15) is 4.98 Å². The van der Waals surface area contributed by atoms with Crippen molar-refractivity contribution >= 4 is 0 Å². The molecular weight excluding hydrogens is 316 g/mol. The van der Waals surface area contributed by atoms with Crippen molar-refractivity contribution < 1.29 is 8.94 Å². The summed E-state index contributed by atoms with van der Waals surface area (Å²) in [6.07, 6.45) is 0.303. The summed E-state index contributed by atoms with van der Waals surface area (Å²) in [5.41, 5.74) is 4.22. The fraction of sp³-hybridized carbons (Fsp3) is 0.158. The number of aromatic nitrogens is 4. The molecular formula is C19H16N4O2. The zero-order chi connectivity index (χ0) is 17.2. The molecule has 0 saturated carbocycles. The Morgan fingerprint density at radius 3 is 2.48 bits per heavy atom. The van der Waals surface area contributed by atoms with Gasteiger partial charge in [0.1, 0.15) is 6.42 Å². The van der Waals surface area contributed by atoms with Crippen molar-refractivity contribution in [3.05, 3.63) is 71.4 Å². The molecule has 0 spiro atoms. The Hall–Kier alpha value is -3.28. The summed E-state index contributed by atoms with van der Waals surface area (Å²) in [6, 6.07) is 15.7. The van der Waals surface area contributed by atoms with E-state index < -0.39 is 0 Å². The monoisotopic (exact) mass is 332 g/mol. The van der Waals surface area contributed by atoms with Crippen LogP contribution in [-0.4, -0.2) is 20.3 Å². The minimum Gasteiger partial charge on any atom is -0.420 e. The Morgan fingerprint density at radius 2 is 1.68 bits per heavy atom. The number of nitrogens with zero attached hydrogens (tertiary/aromatic N) is 4. The minimum atomic E-state index is 0.303. The second-order valence-electron chi connectivity index (χ2n) is 5.85. The quantitative estimate of drug-likeness (QED) is 0.562. The third kappa shape index (κ3) is 3.19. The van der Waals surface area contributed by atoms with Crippen LogP contribution in [0.2, 0.25) is 0 Å². The lowest BCUT2D eigenvalue weighted by Gasteiger charge is -2.00. The molecule has 0 amide bonds. The van der Waals surface area contributed by atoms with Crippen LogP contribution < -0.4 is 0 Å². The number of aryl methyl sites for hydroxylation is 2. The molecule has 2 heterocycles. The normalized spacial score (nSPS) is 11.0. The van der Waals surface area contributed by atoms with Crippen LogP contribution >= 0.6 is 0 Å². The van der Waals surface area contributed by atoms with E-state index in [0.29, 0.717) is 29.9 Å². The van der Waals surface area contributed by atoms with E-state index in [0.717, 1.165) is 11.1 Å². The fourth-order valence-electron chi connectivity index (χ4n) is 2.48. The lowest BCUT2D eigenvalue weighted by molar-refractivity contribution is 0.374. The van der Waals surface area contributed by atoms with E-state index in [1.807, 2.05) is 48.5 Å². The first-order chi connectivity index (χ1) is 12.2. The summed E-state index contributed by atoms with van der Waals surface area (Å²) in [6.45, 7) is 4.13. The van der Waals surface area contributed by atoms with Crippen molar-refractivity contribution in [1.82, 2.24) is 20.3 Å². The van der Waals surface area contributed by atoms with Gasteiger partial charge in [-0.25, -0.2) is 0 Å². The molecule has 6 heteroatoms. The Kier molecular flexibility index (Phi) is 3.85. The Labute approximate surface area is 144 Å². The van der Waals surface area contributed by atoms with Crippen LogP contribution in [0, 0.1) is 13.8 Å². The van der Waals surface area contributed by atoms with E-state index in [1.165, 1.54) is 11.1 Å². The molecule has 0 aliphatic heterocycles. The van der Waals surface area contributed by atoms with Gasteiger partial charge in [-0.3, -0.25) is 0 Å². The number of hydrogen-bond donors (Lipinski definition) is 0. The van der Waals surface area contributed by atoms with Gasteiger partial charge >= 0.3 is 0 Å². The molecule has 0 bridgehead atoms. The molecule has 124 valence electrons. The molecule has 6 nitrogen and oxygen atoms in total. The van der Waals surface area contributed by atoms with Crippen molar-refractivity contribution in [2.24, 2.45) is 0 Å². The predicted molar refractivity (Wildman–Crippen MR) is 91.7 cm³/mol. The predicted octanol–water partition coefficient (Wildman–Crippen LogP) is 3.99. The molecule has 0 unspecified atom stereocenters. The Balaban J connectivity index is 1.53. The highest BCUT2D eigenvalue weighted by Crippen LogP contribution is 2.21. The van der Waals surface area contributed by atoms with Crippen LogP contribution in [-0.2, 0) is 6.42 Å². The van der Waals surface area contributed by atoms with Crippen LogP contribution in [0.4, 0.5) is 0 Å². The van der Waals surface area contributed by atoms with Crippen molar-refractivity contribution in [2.45, 2.75) is 20.3 Å². The molecule has 4 aromatic rings. The highest BCUT2D eigenvalue weighted by Gasteiger charge is 2.14. The van der Waals surface area contributed by atoms with E-state index in [9.17, 15) is 0 Å². The van der Waals surface area contributed by atoms with Crippen molar-refractivity contribution in [2.75, 3.05) is 0 Å². The maximum Gasteiger partial charge on any atom is 0.247 e. The second-order valence-corrected chi connectivity index (χ2v) is 5.85. The second kappa shape index (κ2) is 6.32. The highest BCUT2D eigenvalue weighted by molar-refractivity contribution is 5.56. The van der Waals surface area contributed by atoms with Gasteiger partial charge in [0.25, 0.3) is 0 Å². The first kappa shape index (κ1) is 15.3. The maximum absolute atomic E-state index is 5.67. The molecule has 0 atom stereocenters. The lowest BCUT2D eigenvalue weighted by Crippen LogP contribution is -1.89. The maximum atomic E-state index is 5.67. The summed E-state index contributed by atoms with van der Waals surface area (Å²) < 4.78 is 11.0. The van der Waals surface area contributed by atoms with Crippen molar-refractivity contribution in [3.8, 4) is 22.8 Å². The van der Waals surface area contributed by atoms with Gasteiger partial charge in [0.15, 0.2) is 0 Å². The molecule has 4 rings (SSSR count). The SMILES string of the molecule is Cc1ccc(-c2noc(Cc3nnc(-c4ccccc4)o3)n2)cc1C. The average Bonchev–Trinajstić information content (AvgIpc) is 3.28. The van der Waals surface area contributed by atoms with E-state index >= 15 is 0 Å². The summed E-state index contributed by atoms with van der Waals surface area (Å²) in [5, 5.41) is 12.2. The fourth-order valence-corrected chi connectivity index (χ4v) is 2.48. The molecule has 0 fully saturated rings. The van der Waals surface area contributed by atoms with E-state index in [2.05, 4.69) is 34.2 Å². The zero-order valence-electron chi connectivity index (χ0n) is 13.9. The van der Waals surface area contributed by atoms with Gasteiger partial charge in [0, 0.05) is 11.1 Å². The molecule has 0 aliphatic rings. The van der Waals surface area contributed by atoms with Gasteiger partial charge in [-0.05, 0) is 43.2 Å². The first-order valence-electron chi connectivity index (χ1n) is 7.97. The molecule has 0 saturated heterocycles. The third-order valence-electron chi connectivity index (χ3n) is 4.02. The smallest absolute Gasteiger partial charge is 0.247 e. The van der Waals surface area contributed by atoms with E-state index in [-0.39, 0.29) is 0 Å². The van der Waals surface area contributed by atoms with Crippen LogP contribution in [0.3, 0.4) is 0 Å². The lowest BCUT2D eigenvalue weighted by atomic mass is 10.1. The van der Waals surface area contributed by atoms with Crippen molar-refractivity contribution in [3.63, 3.8) is 0 Å². The molecule has 0 radical (unpaired) electrons. The van der Waals surface area contributed by atoms with Crippen LogP contribution in [0.1, 0.15) is 22.9 Å². The first-order valence-corrected chi connectivity index (χ1v) is 7.97. The van der Waals surface area contributed by atoms with E-state index in [4.69, 9.17) is 8.94 Å². The summed E-state index contributed by atoms with van der Waals surface area (Å²) in [5.74, 6) is 1.91. The Bertz CT molecular complexity index is 1010. The molecule has 0 aliphatic carbocycles. The Morgan fingerprint density at radius 1 is 0.840 bits per heavy atom. The van der Waals surface area contributed by atoms with Gasteiger partial charge < -0.3 is 8.94 Å². The standard InChI is InChI=1S/C19H16N4O2/c1-12-8-9-15(10-13(12)2)18-20-16(25-23-18)11-17-21-22-19(24-17)14-6-4-3-5-7-14/h3-10H,11H2,1-2H3. The van der Waals surface area contributed by atoms with Gasteiger partial charge in [-0.15, -0.1) is 10.2 Å². The zero-order valence-corrected chi connectivity index (χ0v) is 13.9. The van der Waals surface area contributed by atoms with Gasteiger partial charge in [0.05, 0.1) is 0 Å². The molecule has 0 N–H and O–H groups in total. The number of hydrogen-bond acceptors (Lipinski definition) is 6. The minimum absolute atomic E-state index is 0.303. The average molecular weight is 332 g/mol. The van der Waals surface area contributed by atoms with Crippen LogP contribution in [0.15, 0.2) is 57.5 Å². The van der Waals surface area contributed by atoms with Gasteiger partial charge in [-0.1, -0.05) is 35.5 Å². The summed E-state index contributed by atoms with van der Waals surface area (Å²) in [7, 11) is 0. The summed E-state index contributed by atoms with van der Waals surface area (Å²) >= 11 is 0. The van der Waals surface area contributed by atoms with Gasteiger partial charge in [0.2, 0.25) is 23.5 Å². The summed E-state index contributed by atoms with van der Waals surface area (Å²) in [4.78, 5) is 4.42. The topological polar surface area (TPSA) is 77.8 Å².